The lowest BCUT2D eigenvalue weighted by Crippen LogP contribution is -2.19. The lowest BCUT2D eigenvalue weighted by Gasteiger charge is -2.20. The number of rotatable bonds is 2. The zero-order chi connectivity index (χ0) is 14.2. The Morgan fingerprint density at radius 3 is 3.10 bits per heavy atom. The maximum absolute atomic E-state index is 12.5. The van der Waals surface area contributed by atoms with Crippen molar-refractivity contribution in [1.82, 2.24) is 4.98 Å². The van der Waals surface area contributed by atoms with Crippen LogP contribution < -0.4 is 10.6 Å². The van der Waals surface area contributed by atoms with Gasteiger partial charge in [0, 0.05) is 22.7 Å². The van der Waals surface area contributed by atoms with Crippen molar-refractivity contribution < 1.29 is 4.79 Å². The van der Waals surface area contributed by atoms with Gasteiger partial charge < -0.3 is 5.32 Å². The number of hydrogen-bond acceptors (Lipinski definition) is 4. The maximum Gasteiger partial charge on any atom is 0.257 e. The van der Waals surface area contributed by atoms with Crippen molar-refractivity contribution in [2.45, 2.75) is 32.1 Å². The molecule has 5 heteroatoms. The second-order valence-corrected chi connectivity index (χ2v) is 6.64. The third-order valence-electron chi connectivity index (χ3n) is 4.16. The van der Waals surface area contributed by atoms with E-state index in [4.69, 9.17) is 0 Å². The Morgan fingerprint density at radius 1 is 1.24 bits per heavy atom. The molecule has 1 aliphatic carbocycles. The summed E-state index contributed by atoms with van der Waals surface area (Å²) in [6.07, 6.45) is 5.38. The summed E-state index contributed by atoms with van der Waals surface area (Å²) >= 11 is 1.62. The quantitative estimate of drug-likeness (QED) is 0.895. The monoisotopic (exact) mass is 299 g/mol. The summed E-state index contributed by atoms with van der Waals surface area (Å²) in [4.78, 5) is 18.4. The summed E-state index contributed by atoms with van der Waals surface area (Å²) in [7, 11) is 0. The lowest BCUT2D eigenvalue weighted by molar-refractivity contribution is 0.102. The molecule has 2 heterocycles. The van der Waals surface area contributed by atoms with E-state index in [1.165, 1.54) is 17.0 Å². The van der Waals surface area contributed by atoms with Crippen LogP contribution in [0.4, 0.5) is 10.8 Å². The van der Waals surface area contributed by atoms with E-state index in [1.54, 1.807) is 11.3 Å². The predicted octanol–water partition coefficient (Wildman–Crippen LogP) is 3.24. The Labute approximate surface area is 127 Å². The molecule has 108 valence electrons. The van der Waals surface area contributed by atoms with Gasteiger partial charge in [-0.15, -0.1) is 11.3 Å². The second kappa shape index (κ2) is 5.15. The van der Waals surface area contributed by atoms with Gasteiger partial charge in [0.05, 0.1) is 5.69 Å². The molecular weight excluding hydrogens is 282 g/mol. The van der Waals surface area contributed by atoms with E-state index in [0.717, 1.165) is 54.2 Å². The number of aryl methyl sites for hydroxylation is 2. The number of benzene rings is 1. The molecule has 4 rings (SSSR count). The fourth-order valence-electron chi connectivity index (χ4n) is 3.13. The molecule has 0 bridgehead atoms. The number of nitrogens with zero attached hydrogens (tertiary/aromatic N) is 1. The Morgan fingerprint density at radius 2 is 2.19 bits per heavy atom. The van der Waals surface area contributed by atoms with Crippen LogP contribution in [0.2, 0.25) is 0 Å². The number of carbonyl (C=O) groups is 1. The van der Waals surface area contributed by atoms with Gasteiger partial charge in [-0.05, 0) is 49.8 Å². The number of fused-ring (bicyclic) bond motifs is 2. The number of anilines is 2. The normalized spacial score (nSPS) is 16.0. The van der Waals surface area contributed by atoms with Crippen LogP contribution >= 0.6 is 11.3 Å². The van der Waals surface area contributed by atoms with E-state index in [0.29, 0.717) is 0 Å². The Kier molecular flexibility index (Phi) is 3.15. The van der Waals surface area contributed by atoms with Gasteiger partial charge in [0.25, 0.3) is 5.91 Å². The molecule has 0 saturated heterocycles. The van der Waals surface area contributed by atoms with Gasteiger partial charge >= 0.3 is 0 Å². The van der Waals surface area contributed by atoms with E-state index in [2.05, 4.69) is 15.6 Å². The van der Waals surface area contributed by atoms with Crippen LogP contribution in [-0.2, 0) is 19.3 Å². The molecule has 0 spiro atoms. The van der Waals surface area contributed by atoms with Crippen molar-refractivity contribution >= 4 is 28.1 Å². The molecule has 0 fully saturated rings. The second-order valence-electron chi connectivity index (χ2n) is 5.56. The van der Waals surface area contributed by atoms with Crippen molar-refractivity contribution in [3.63, 3.8) is 0 Å². The Balaban J connectivity index is 1.60. The summed E-state index contributed by atoms with van der Waals surface area (Å²) in [5, 5.41) is 7.08. The molecule has 0 unspecified atom stereocenters. The zero-order valence-electron chi connectivity index (χ0n) is 11.7. The average Bonchev–Trinajstić information content (AvgIpc) is 3.07. The minimum absolute atomic E-state index is 0.0389. The van der Waals surface area contributed by atoms with Crippen LogP contribution in [0.15, 0.2) is 18.2 Å². The minimum Gasteiger partial charge on any atom is -0.385 e. The van der Waals surface area contributed by atoms with Crippen molar-refractivity contribution in [3.8, 4) is 0 Å². The molecule has 2 aliphatic rings. The number of thiazole rings is 1. The van der Waals surface area contributed by atoms with Crippen molar-refractivity contribution in [2.24, 2.45) is 0 Å². The molecule has 0 saturated carbocycles. The first kappa shape index (κ1) is 12.8. The molecule has 0 atom stereocenters. The fraction of sp³-hybridized carbons (Fsp3) is 0.375. The van der Waals surface area contributed by atoms with Gasteiger partial charge in [-0.2, -0.15) is 0 Å². The highest BCUT2D eigenvalue weighted by atomic mass is 32.1. The number of amides is 1. The minimum atomic E-state index is -0.0389. The van der Waals surface area contributed by atoms with Gasteiger partial charge in [-0.3, -0.25) is 10.1 Å². The Bertz CT molecular complexity index is 686. The number of carbonyl (C=O) groups excluding carboxylic acids is 1. The molecule has 21 heavy (non-hydrogen) atoms. The molecule has 1 amide bonds. The van der Waals surface area contributed by atoms with Crippen LogP contribution in [0, 0.1) is 0 Å². The molecule has 4 nitrogen and oxygen atoms in total. The zero-order valence-corrected chi connectivity index (χ0v) is 12.6. The summed E-state index contributed by atoms with van der Waals surface area (Å²) in [5.41, 5.74) is 4.17. The highest BCUT2D eigenvalue weighted by Crippen LogP contribution is 2.31. The van der Waals surface area contributed by atoms with Crippen LogP contribution in [0.3, 0.4) is 0 Å². The van der Waals surface area contributed by atoms with E-state index in [-0.39, 0.29) is 5.91 Å². The standard InChI is InChI=1S/C16H17N3OS/c20-15(19-16-18-13-7-2-8-14(13)21-16)11-4-1-6-12-10(11)5-3-9-17-12/h1,4,6,17H,2-3,5,7-9H2,(H,18,19,20). The van der Waals surface area contributed by atoms with Crippen molar-refractivity contribution in [2.75, 3.05) is 17.2 Å². The Hall–Kier alpha value is -1.88. The van der Waals surface area contributed by atoms with Crippen molar-refractivity contribution in [3.05, 3.63) is 39.9 Å². The predicted molar refractivity (Wildman–Crippen MR) is 85.3 cm³/mol. The topological polar surface area (TPSA) is 54.0 Å². The summed E-state index contributed by atoms with van der Waals surface area (Å²) in [6.45, 7) is 0.983. The molecule has 1 aromatic carbocycles. The number of nitrogens with one attached hydrogen (secondary N) is 2. The van der Waals surface area contributed by atoms with Gasteiger partial charge in [0.1, 0.15) is 0 Å². The lowest BCUT2D eigenvalue weighted by atomic mass is 9.97. The van der Waals surface area contributed by atoms with E-state index < -0.39 is 0 Å². The molecule has 1 aliphatic heterocycles. The van der Waals surface area contributed by atoms with Gasteiger partial charge in [-0.1, -0.05) is 6.07 Å². The van der Waals surface area contributed by atoms with Crippen LogP contribution in [-0.4, -0.2) is 17.4 Å². The molecule has 1 aromatic heterocycles. The average molecular weight is 299 g/mol. The van der Waals surface area contributed by atoms with Crippen LogP contribution in [0.5, 0.6) is 0 Å². The largest absolute Gasteiger partial charge is 0.385 e. The molecule has 2 N–H and O–H groups in total. The highest BCUT2D eigenvalue weighted by Gasteiger charge is 2.21. The van der Waals surface area contributed by atoms with Gasteiger partial charge in [0.2, 0.25) is 0 Å². The SMILES string of the molecule is O=C(Nc1nc2c(s1)CCC2)c1cccc2c1CCCN2. The third-order valence-corrected chi connectivity index (χ3v) is 5.23. The first-order valence-corrected chi connectivity index (χ1v) is 8.28. The summed E-state index contributed by atoms with van der Waals surface area (Å²) in [5.74, 6) is -0.0389. The third kappa shape index (κ3) is 2.31. The van der Waals surface area contributed by atoms with E-state index in [9.17, 15) is 4.79 Å². The molecule has 2 aromatic rings. The van der Waals surface area contributed by atoms with Gasteiger partial charge in [0.15, 0.2) is 5.13 Å². The van der Waals surface area contributed by atoms with Gasteiger partial charge in [-0.25, -0.2) is 4.98 Å². The number of aromatic nitrogens is 1. The summed E-state index contributed by atoms with van der Waals surface area (Å²) < 4.78 is 0. The van der Waals surface area contributed by atoms with Crippen molar-refractivity contribution in [1.29, 1.82) is 0 Å². The molecule has 0 radical (unpaired) electrons. The van der Waals surface area contributed by atoms with Crippen LogP contribution in [0.1, 0.15) is 39.3 Å². The van der Waals surface area contributed by atoms with E-state index >= 15 is 0 Å². The molecular formula is C16H17N3OS. The first-order valence-electron chi connectivity index (χ1n) is 7.47. The smallest absolute Gasteiger partial charge is 0.257 e. The maximum atomic E-state index is 12.5. The fourth-order valence-corrected chi connectivity index (χ4v) is 4.18. The highest BCUT2D eigenvalue weighted by molar-refractivity contribution is 7.16. The van der Waals surface area contributed by atoms with Crippen LogP contribution in [0.25, 0.3) is 0 Å². The first-order chi connectivity index (χ1) is 10.3. The summed E-state index contributed by atoms with van der Waals surface area (Å²) in [6, 6.07) is 5.89. The van der Waals surface area contributed by atoms with E-state index in [1.807, 2.05) is 18.2 Å². The number of hydrogen-bond donors (Lipinski definition) is 2.